The third-order valence-electron chi connectivity index (χ3n) is 3.71. The van der Waals surface area contributed by atoms with E-state index in [9.17, 15) is 9.90 Å². The summed E-state index contributed by atoms with van der Waals surface area (Å²) in [4.78, 5) is 11.3. The molecule has 1 rings (SSSR count). The molecule has 0 heterocycles. The Balaban J connectivity index is 2.21. The van der Waals surface area contributed by atoms with Crippen LogP contribution in [0.4, 0.5) is 0 Å². The largest absolute Gasteiger partial charge is 0.480 e. The van der Waals surface area contributed by atoms with Crippen LogP contribution in [0.5, 0.6) is 0 Å². The van der Waals surface area contributed by atoms with Gasteiger partial charge in [0.15, 0.2) is 0 Å². The van der Waals surface area contributed by atoms with Gasteiger partial charge in [0.1, 0.15) is 5.54 Å². The van der Waals surface area contributed by atoms with Crippen LogP contribution in [0, 0.1) is 0 Å². The monoisotopic (exact) mass is 273 g/mol. The summed E-state index contributed by atoms with van der Waals surface area (Å²) < 4.78 is 0. The van der Waals surface area contributed by atoms with E-state index in [1.54, 1.807) is 0 Å². The van der Waals surface area contributed by atoms with Crippen molar-refractivity contribution in [2.45, 2.75) is 69.6 Å². The first-order chi connectivity index (χ1) is 8.58. The van der Waals surface area contributed by atoms with Crippen LogP contribution in [-0.4, -0.2) is 34.2 Å². The first-order valence-corrected chi connectivity index (χ1v) is 8.23. The first kappa shape index (κ1) is 15.8. The molecule has 0 amide bonds. The van der Waals surface area contributed by atoms with Crippen LogP contribution in [0.3, 0.4) is 0 Å². The van der Waals surface area contributed by atoms with Crippen molar-refractivity contribution in [2.75, 3.05) is 12.3 Å². The highest BCUT2D eigenvalue weighted by atomic mass is 32.2. The second kappa shape index (κ2) is 8.05. The predicted molar refractivity (Wildman–Crippen MR) is 78.3 cm³/mol. The Kier molecular flexibility index (Phi) is 7.08. The molecule has 0 saturated heterocycles. The highest BCUT2D eigenvalue weighted by Gasteiger charge is 2.31. The molecule has 0 radical (unpaired) electrons. The van der Waals surface area contributed by atoms with Crippen LogP contribution in [0.1, 0.15) is 58.8 Å². The second-order valence-electron chi connectivity index (χ2n) is 5.44. The second-order valence-corrected chi connectivity index (χ2v) is 6.85. The Morgan fingerprint density at radius 2 is 2.11 bits per heavy atom. The summed E-state index contributed by atoms with van der Waals surface area (Å²) in [5, 5.41) is 13.3. The van der Waals surface area contributed by atoms with Crippen molar-refractivity contribution in [3.05, 3.63) is 0 Å². The van der Waals surface area contributed by atoms with Gasteiger partial charge in [-0.2, -0.15) is 11.8 Å². The number of hydrogen-bond acceptors (Lipinski definition) is 3. The van der Waals surface area contributed by atoms with E-state index >= 15 is 0 Å². The lowest BCUT2D eigenvalue weighted by Gasteiger charge is -2.26. The molecular formula is C14H27NO2S. The Morgan fingerprint density at radius 3 is 2.67 bits per heavy atom. The topological polar surface area (TPSA) is 49.3 Å². The van der Waals surface area contributed by atoms with Gasteiger partial charge in [0.2, 0.25) is 0 Å². The van der Waals surface area contributed by atoms with Crippen molar-refractivity contribution in [1.29, 1.82) is 0 Å². The molecule has 4 heteroatoms. The minimum Gasteiger partial charge on any atom is -0.480 e. The number of nitrogens with one attached hydrogen (secondary N) is 1. The average molecular weight is 273 g/mol. The molecule has 0 spiro atoms. The molecule has 0 aliphatic heterocycles. The van der Waals surface area contributed by atoms with E-state index in [1.165, 1.54) is 25.7 Å². The third kappa shape index (κ3) is 5.19. The Labute approximate surface area is 115 Å². The van der Waals surface area contributed by atoms with Crippen LogP contribution in [0.15, 0.2) is 0 Å². The van der Waals surface area contributed by atoms with Gasteiger partial charge in [-0.1, -0.05) is 19.8 Å². The molecule has 106 valence electrons. The van der Waals surface area contributed by atoms with E-state index in [0.717, 1.165) is 36.8 Å². The van der Waals surface area contributed by atoms with Crippen LogP contribution >= 0.6 is 11.8 Å². The number of rotatable bonds is 9. The number of carbonyl (C=O) groups is 1. The average Bonchev–Trinajstić information content (AvgIpc) is 2.85. The van der Waals surface area contributed by atoms with Crippen molar-refractivity contribution < 1.29 is 9.90 Å². The molecule has 1 aliphatic carbocycles. The van der Waals surface area contributed by atoms with Crippen molar-refractivity contribution in [2.24, 2.45) is 0 Å². The summed E-state index contributed by atoms with van der Waals surface area (Å²) in [6, 6.07) is 0. The molecule has 1 fully saturated rings. The number of carboxylic acids is 1. The molecule has 0 aromatic rings. The summed E-state index contributed by atoms with van der Waals surface area (Å²) in [6.45, 7) is 4.65. The number of hydrogen-bond donors (Lipinski definition) is 2. The van der Waals surface area contributed by atoms with Gasteiger partial charge in [-0.3, -0.25) is 4.79 Å². The molecule has 1 aliphatic rings. The number of carboxylic acid groups (broad SMARTS) is 1. The van der Waals surface area contributed by atoms with Crippen LogP contribution in [-0.2, 0) is 4.79 Å². The Hall–Kier alpha value is -0.220. The summed E-state index contributed by atoms with van der Waals surface area (Å²) in [6.07, 6.45) is 8.15. The third-order valence-corrected chi connectivity index (χ3v) is 5.18. The van der Waals surface area contributed by atoms with E-state index in [2.05, 4.69) is 12.2 Å². The van der Waals surface area contributed by atoms with E-state index in [4.69, 9.17) is 0 Å². The fourth-order valence-corrected chi connectivity index (χ4v) is 3.71. The molecule has 3 nitrogen and oxygen atoms in total. The van der Waals surface area contributed by atoms with Crippen molar-refractivity contribution in [1.82, 2.24) is 5.32 Å². The quantitative estimate of drug-likeness (QED) is 0.633. The zero-order valence-corrected chi connectivity index (χ0v) is 12.5. The summed E-state index contributed by atoms with van der Waals surface area (Å²) >= 11 is 2.04. The number of aliphatic carboxylic acids is 1. The molecule has 18 heavy (non-hydrogen) atoms. The fraction of sp³-hybridized carbons (Fsp3) is 0.929. The van der Waals surface area contributed by atoms with Gasteiger partial charge in [0, 0.05) is 5.25 Å². The lowest BCUT2D eigenvalue weighted by molar-refractivity contribution is -0.144. The van der Waals surface area contributed by atoms with Crippen molar-refractivity contribution in [3.8, 4) is 0 Å². The maximum absolute atomic E-state index is 11.3. The first-order valence-electron chi connectivity index (χ1n) is 7.18. The summed E-state index contributed by atoms with van der Waals surface area (Å²) in [5.41, 5.74) is -0.744. The van der Waals surface area contributed by atoms with Crippen molar-refractivity contribution in [3.63, 3.8) is 0 Å². The normalized spacial score (nSPS) is 19.9. The maximum atomic E-state index is 11.3. The predicted octanol–water partition coefficient (Wildman–Crippen LogP) is 3.29. The van der Waals surface area contributed by atoms with Gasteiger partial charge >= 0.3 is 5.97 Å². The van der Waals surface area contributed by atoms with E-state index in [0.29, 0.717) is 0 Å². The zero-order chi connectivity index (χ0) is 13.4. The minimum atomic E-state index is -0.744. The Bertz CT molecular complexity index is 254. The van der Waals surface area contributed by atoms with Gasteiger partial charge in [-0.15, -0.1) is 0 Å². The van der Waals surface area contributed by atoms with E-state index in [1.807, 2.05) is 18.7 Å². The van der Waals surface area contributed by atoms with Gasteiger partial charge in [-0.05, 0) is 51.3 Å². The molecule has 0 aromatic heterocycles. The maximum Gasteiger partial charge on any atom is 0.323 e. The lowest BCUT2D eigenvalue weighted by atomic mass is 9.96. The summed E-state index contributed by atoms with van der Waals surface area (Å²) in [7, 11) is 0. The minimum absolute atomic E-state index is 0.721. The molecule has 2 N–H and O–H groups in total. The molecule has 0 aromatic carbocycles. The van der Waals surface area contributed by atoms with E-state index < -0.39 is 11.5 Å². The van der Waals surface area contributed by atoms with Crippen LogP contribution in [0.2, 0.25) is 0 Å². The smallest absolute Gasteiger partial charge is 0.323 e. The zero-order valence-electron chi connectivity index (χ0n) is 11.7. The fourth-order valence-electron chi connectivity index (χ4n) is 2.40. The van der Waals surface area contributed by atoms with Crippen LogP contribution < -0.4 is 5.32 Å². The van der Waals surface area contributed by atoms with Gasteiger partial charge in [0.05, 0.1) is 0 Å². The molecule has 1 atom stereocenters. The standard InChI is InChI=1S/C14H27NO2S/c1-3-10-15-14(2,13(16)17)9-6-11-18-12-7-4-5-8-12/h12,15H,3-11H2,1-2H3,(H,16,17). The van der Waals surface area contributed by atoms with Crippen molar-refractivity contribution >= 4 is 17.7 Å². The van der Waals surface area contributed by atoms with Crippen LogP contribution in [0.25, 0.3) is 0 Å². The highest BCUT2D eigenvalue weighted by molar-refractivity contribution is 7.99. The lowest BCUT2D eigenvalue weighted by Crippen LogP contribution is -2.49. The molecule has 1 unspecified atom stereocenters. The molecular weight excluding hydrogens is 246 g/mol. The summed E-state index contributed by atoms with van der Waals surface area (Å²) in [5.74, 6) is 0.378. The molecule has 1 saturated carbocycles. The Morgan fingerprint density at radius 1 is 1.44 bits per heavy atom. The molecule has 0 bridgehead atoms. The van der Waals surface area contributed by atoms with Gasteiger partial charge in [-0.25, -0.2) is 0 Å². The number of thioether (sulfide) groups is 1. The van der Waals surface area contributed by atoms with Gasteiger partial charge < -0.3 is 10.4 Å². The SMILES string of the molecule is CCCNC(C)(CCCSC1CCCC1)C(=O)O. The van der Waals surface area contributed by atoms with Gasteiger partial charge in [0.25, 0.3) is 0 Å². The van der Waals surface area contributed by atoms with E-state index in [-0.39, 0.29) is 0 Å². The highest BCUT2D eigenvalue weighted by Crippen LogP contribution is 2.30.